The molecule has 4 aromatic carbocycles. The number of amides is 1. The Kier molecular flexibility index (Phi) is 10.0. The molecule has 0 atom stereocenters. The van der Waals surface area contributed by atoms with E-state index in [-0.39, 0.29) is 51.5 Å². The van der Waals surface area contributed by atoms with Crippen LogP contribution in [0.15, 0.2) is 75.8 Å². The van der Waals surface area contributed by atoms with Crippen molar-refractivity contribution in [2.45, 2.75) is 18.7 Å². The molecule has 0 saturated heterocycles. The standard InChI is InChI=1S/C26H21Cl2N3O6S.Na/c1-3-37-21-13-16(9-11-19(21)27)29-26(33)18-12-15-6-4-5-7-17(15)23(24(18)32)31-30-22-14(2)8-10-20(28)25(22)38(34,35)36;/h4-13,32H,3H2,1-2H3,(H,29,33)(H,34,35,36);/q;+1/p-1. The van der Waals surface area contributed by atoms with Crippen molar-refractivity contribution in [1.82, 2.24) is 0 Å². The van der Waals surface area contributed by atoms with Gasteiger partial charge in [0.2, 0.25) is 0 Å². The van der Waals surface area contributed by atoms with E-state index in [2.05, 4.69) is 15.5 Å². The molecule has 1 amide bonds. The molecular weight excluding hydrogens is 576 g/mol. The number of carbonyl (C=O) groups is 1. The van der Waals surface area contributed by atoms with Crippen LogP contribution in [0.5, 0.6) is 11.5 Å². The van der Waals surface area contributed by atoms with Crippen LogP contribution >= 0.6 is 23.2 Å². The number of hydrogen-bond donors (Lipinski definition) is 2. The van der Waals surface area contributed by atoms with Crippen molar-refractivity contribution < 1.29 is 57.2 Å². The molecule has 0 spiro atoms. The maximum atomic E-state index is 13.4. The van der Waals surface area contributed by atoms with Crippen LogP contribution in [0.4, 0.5) is 17.1 Å². The van der Waals surface area contributed by atoms with E-state index >= 15 is 0 Å². The molecule has 0 saturated carbocycles. The van der Waals surface area contributed by atoms with E-state index in [4.69, 9.17) is 27.9 Å². The number of rotatable bonds is 7. The molecule has 0 unspecified atom stereocenters. The Balaban J connectivity index is 0.00000420. The first-order valence-electron chi connectivity index (χ1n) is 11.2. The van der Waals surface area contributed by atoms with Crippen molar-refractivity contribution in [3.05, 3.63) is 81.8 Å². The summed E-state index contributed by atoms with van der Waals surface area (Å²) >= 11 is 12.1. The first-order valence-corrected chi connectivity index (χ1v) is 13.4. The number of benzene rings is 4. The van der Waals surface area contributed by atoms with Crippen molar-refractivity contribution in [3.8, 4) is 11.5 Å². The van der Waals surface area contributed by atoms with E-state index in [0.29, 0.717) is 39.4 Å². The third-order valence-electron chi connectivity index (χ3n) is 5.50. The van der Waals surface area contributed by atoms with Gasteiger partial charge in [0.15, 0.2) is 0 Å². The van der Waals surface area contributed by atoms with Gasteiger partial charge in [0.1, 0.15) is 16.3 Å². The monoisotopic (exact) mass is 595 g/mol. The van der Waals surface area contributed by atoms with Crippen LogP contribution in [0.2, 0.25) is 10.0 Å². The zero-order chi connectivity index (χ0) is 27.6. The van der Waals surface area contributed by atoms with Gasteiger partial charge in [0.25, 0.3) is 16.0 Å². The normalized spacial score (nSPS) is 11.4. The van der Waals surface area contributed by atoms with Gasteiger partial charge in [-0.05, 0) is 49.1 Å². The summed E-state index contributed by atoms with van der Waals surface area (Å²) < 4.78 is 39.0. The Hall–Kier alpha value is -2.70. The summed E-state index contributed by atoms with van der Waals surface area (Å²) in [6.45, 7) is 3.70. The molecule has 0 aromatic heterocycles. The Bertz CT molecular complexity index is 1710. The van der Waals surface area contributed by atoms with Crippen LogP contribution < -0.4 is 44.7 Å². The number of anilines is 1. The fourth-order valence-electron chi connectivity index (χ4n) is 3.74. The van der Waals surface area contributed by atoms with E-state index in [0.717, 1.165) is 0 Å². The Morgan fingerprint density at radius 3 is 2.38 bits per heavy atom. The zero-order valence-electron chi connectivity index (χ0n) is 21.0. The van der Waals surface area contributed by atoms with Gasteiger partial charge < -0.3 is 15.2 Å². The summed E-state index contributed by atoms with van der Waals surface area (Å²) in [7, 11) is -4.76. The maximum Gasteiger partial charge on any atom is 1.00 e. The molecule has 39 heavy (non-hydrogen) atoms. The number of fused-ring (bicyclic) bond motifs is 1. The van der Waals surface area contributed by atoms with Crippen molar-refractivity contribution in [3.63, 3.8) is 0 Å². The van der Waals surface area contributed by atoms with Crippen LogP contribution in [0.25, 0.3) is 10.8 Å². The topological polar surface area (TPSA) is 140 Å². The minimum Gasteiger partial charge on any atom is -0.870 e. The second-order valence-electron chi connectivity index (χ2n) is 8.07. The molecule has 0 heterocycles. The molecule has 0 aliphatic carbocycles. The minimum atomic E-state index is -4.76. The van der Waals surface area contributed by atoms with Gasteiger partial charge in [-0.25, -0.2) is 0 Å². The fraction of sp³-hybridized carbons (Fsp3) is 0.115. The SMILES string of the molecule is CCOc1cc(NC(=O)c2cc3ccccc3c(N=Nc3c(C)ccc(Cl)c3S(=O)(=O)O)c2[O-])ccc1Cl.[Na+]. The summed E-state index contributed by atoms with van der Waals surface area (Å²) in [6.07, 6.45) is 0. The predicted octanol–water partition coefficient (Wildman–Crippen LogP) is 3.85. The molecule has 4 rings (SSSR count). The number of hydrogen-bond acceptors (Lipinski definition) is 7. The van der Waals surface area contributed by atoms with Crippen LogP contribution in [0, 0.1) is 6.92 Å². The average molecular weight is 596 g/mol. The van der Waals surface area contributed by atoms with E-state index in [1.54, 1.807) is 50.2 Å². The van der Waals surface area contributed by atoms with Gasteiger partial charge in [-0.2, -0.15) is 13.5 Å². The molecule has 13 heteroatoms. The fourth-order valence-corrected chi connectivity index (χ4v) is 5.12. The zero-order valence-corrected chi connectivity index (χ0v) is 25.4. The van der Waals surface area contributed by atoms with Crippen LogP contribution in [-0.4, -0.2) is 25.5 Å². The first kappa shape index (κ1) is 30.8. The van der Waals surface area contributed by atoms with Gasteiger partial charge in [-0.3, -0.25) is 9.35 Å². The molecule has 196 valence electrons. The van der Waals surface area contributed by atoms with Gasteiger partial charge in [0.05, 0.1) is 22.3 Å². The molecule has 0 radical (unpaired) electrons. The largest absolute Gasteiger partial charge is 1.00 e. The van der Waals surface area contributed by atoms with Crippen LogP contribution in [-0.2, 0) is 10.1 Å². The summed E-state index contributed by atoms with van der Waals surface area (Å²) in [5, 5.41) is 25.1. The molecule has 0 fully saturated rings. The predicted molar refractivity (Wildman–Crippen MR) is 144 cm³/mol. The number of halogens is 2. The van der Waals surface area contributed by atoms with E-state index in [1.165, 1.54) is 24.3 Å². The van der Waals surface area contributed by atoms with Gasteiger partial charge in [-0.15, -0.1) is 5.11 Å². The molecule has 0 aliphatic rings. The smallest absolute Gasteiger partial charge is 0.870 e. The summed E-state index contributed by atoms with van der Waals surface area (Å²) in [5.41, 5.74) is 0.0431. The Labute approximate surface area is 256 Å². The number of azo groups is 1. The van der Waals surface area contributed by atoms with E-state index in [1.807, 2.05) is 0 Å². The number of nitrogens with zero attached hydrogens (tertiary/aromatic N) is 2. The van der Waals surface area contributed by atoms with Gasteiger partial charge in [0, 0.05) is 22.7 Å². The summed E-state index contributed by atoms with van der Waals surface area (Å²) in [5.74, 6) is -1.08. The van der Waals surface area contributed by atoms with Crippen LogP contribution in [0.3, 0.4) is 0 Å². The van der Waals surface area contributed by atoms with Crippen molar-refractivity contribution in [2.24, 2.45) is 10.2 Å². The summed E-state index contributed by atoms with van der Waals surface area (Å²) in [4.78, 5) is 12.5. The van der Waals surface area contributed by atoms with Crippen molar-refractivity contribution in [2.75, 3.05) is 11.9 Å². The molecule has 0 bridgehead atoms. The number of nitrogens with one attached hydrogen (secondary N) is 1. The van der Waals surface area contributed by atoms with Gasteiger partial charge in [-0.1, -0.05) is 59.3 Å². The maximum absolute atomic E-state index is 13.4. The molecule has 4 aromatic rings. The second kappa shape index (κ2) is 12.6. The van der Waals surface area contributed by atoms with E-state index in [9.17, 15) is 22.9 Å². The quantitative estimate of drug-likeness (QED) is 0.189. The Morgan fingerprint density at radius 1 is 1.03 bits per heavy atom. The summed E-state index contributed by atoms with van der Waals surface area (Å²) in [6, 6.07) is 15.6. The first-order chi connectivity index (χ1) is 18.0. The number of aryl methyl sites for hydroxylation is 1. The molecule has 0 aliphatic heterocycles. The average Bonchev–Trinajstić information content (AvgIpc) is 2.86. The third kappa shape index (κ3) is 6.72. The molecule has 9 nitrogen and oxygen atoms in total. The van der Waals surface area contributed by atoms with Crippen LogP contribution in [0.1, 0.15) is 22.8 Å². The molecule has 2 N–H and O–H groups in total. The van der Waals surface area contributed by atoms with E-state index < -0.39 is 26.7 Å². The Morgan fingerprint density at radius 2 is 1.69 bits per heavy atom. The van der Waals surface area contributed by atoms with Crippen molar-refractivity contribution >= 4 is 67.1 Å². The van der Waals surface area contributed by atoms with Gasteiger partial charge >= 0.3 is 29.6 Å². The third-order valence-corrected chi connectivity index (χ3v) is 7.17. The number of carbonyl (C=O) groups excluding carboxylic acids is 1. The number of ether oxygens (including phenoxy) is 1. The minimum absolute atomic E-state index is 0. The van der Waals surface area contributed by atoms with Crippen molar-refractivity contribution in [1.29, 1.82) is 0 Å². The molecular formula is C26H20Cl2N3NaO6S. The second-order valence-corrected chi connectivity index (χ2v) is 10.2.